The molecule has 0 fully saturated rings. The average Bonchev–Trinajstić information content (AvgIpc) is 1.61. The van der Waals surface area contributed by atoms with Crippen LogP contribution < -0.4 is 0 Å². The average molecular weight is 216 g/mol. The highest BCUT2D eigenvalue weighted by Crippen LogP contribution is 2.02. The van der Waals surface area contributed by atoms with Crippen LogP contribution in [-0.2, 0) is 0 Å². The molecule has 0 heterocycles. The van der Waals surface area contributed by atoms with Gasteiger partial charge in [-0.05, 0) is 12.8 Å². The summed E-state index contributed by atoms with van der Waals surface area (Å²) < 4.78 is -0.287. The van der Waals surface area contributed by atoms with E-state index in [2.05, 4.69) is 0 Å². The summed E-state index contributed by atoms with van der Waals surface area (Å²) in [6.07, 6.45) is 1.39. The van der Waals surface area contributed by atoms with Crippen molar-refractivity contribution in [3.63, 3.8) is 0 Å². The summed E-state index contributed by atoms with van der Waals surface area (Å²) >= 11 is 1.91. The van der Waals surface area contributed by atoms with Gasteiger partial charge < -0.3 is 10.2 Å². The molecule has 0 aliphatic carbocycles. The summed E-state index contributed by atoms with van der Waals surface area (Å²) in [4.78, 5) is 0. The first-order valence-electron chi connectivity index (χ1n) is 2.20. The van der Waals surface area contributed by atoms with Gasteiger partial charge in [-0.15, -0.1) is 0 Å². The van der Waals surface area contributed by atoms with Crippen LogP contribution in [-0.4, -0.2) is 20.9 Å². The van der Waals surface area contributed by atoms with Crippen molar-refractivity contribution in [1.82, 2.24) is 0 Å². The Morgan fingerprint density at radius 1 is 1.57 bits per heavy atom. The highest BCUT2D eigenvalue weighted by atomic mass is 127. The van der Waals surface area contributed by atoms with Gasteiger partial charge in [-0.3, -0.25) is 0 Å². The summed E-state index contributed by atoms with van der Waals surface area (Å²) in [6, 6.07) is 0. The number of halogens is 1. The molecule has 0 amide bonds. The molecule has 44 valence electrons. The molecule has 0 bridgehead atoms. The van der Waals surface area contributed by atoms with Crippen LogP contribution in [0.5, 0.6) is 0 Å². The van der Waals surface area contributed by atoms with E-state index in [0.717, 1.165) is 0 Å². The number of hydrogen-bond donors (Lipinski definition) is 2. The van der Waals surface area contributed by atoms with Crippen molar-refractivity contribution >= 4 is 22.6 Å². The van der Waals surface area contributed by atoms with Crippen molar-refractivity contribution in [2.24, 2.45) is 0 Å². The predicted molar refractivity (Wildman–Crippen MR) is 36.3 cm³/mol. The summed E-state index contributed by atoms with van der Waals surface area (Å²) in [5.74, 6) is 0. The van der Waals surface area contributed by atoms with Crippen molar-refractivity contribution in [3.8, 4) is 0 Å². The van der Waals surface area contributed by atoms with Gasteiger partial charge >= 0.3 is 0 Å². The van der Waals surface area contributed by atoms with Gasteiger partial charge in [0, 0.05) is 6.61 Å². The highest BCUT2D eigenvalue weighted by Gasteiger charge is 1.92. The molecule has 0 aromatic heterocycles. The normalized spacial score (nSPS) is 14.1. The van der Waals surface area contributed by atoms with E-state index < -0.39 is 0 Å². The van der Waals surface area contributed by atoms with Crippen molar-refractivity contribution < 1.29 is 10.2 Å². The molecule has 1 unspecified atom stereocenters. The molecular formula is C4H9IO2. The Balaban J connectivity index is 2.68. The lowest BCUT2D eigenvalue weighted by Crippen LogP contribution is -1.95. The maximum atomic E-state index is 8.56. The molecule has 0 aliphatic rings. The zero-order valence-corrected chi connectivity index (χ0v) is 6.13. The summed E-state index contributed by atoms with van der Waals surface area (Å²) in [7, 11) is 0. The number of aliphatic hydroxyl groups is 2. The molecule has 0 saturated heterocycles. The second kappa shape index (κ2) is 4.80. The largest absolute Gasteiger partial charge is 0.396 e. The fourth-order valence-electron chi connectivity index (χ4n) is 0.260. The zero-order valence-electron chi connectivity index (χ0n) is 3.97. The monoisotopic (exact) mass is 216 g/mol. The van der Waals surface area contributed by atoms with Crippen LogP contribution in [0.2, 0.25) is 0 Å². The van der Waals surface area contributed by atoms with Crippen LogP contribution in [0.1, 0.15) is 12.8 Å². The molecule has 0 radical (unpaired) electrons. The second-order valence-corrected chi connectivity index (χ2v) is 2.74. The smallest absolute Gasteiger partial charge is 0.105 e. The van der Waals surface area contributed by atoms with Gasteiger partial charge in [0.15, 0.2) is 0 Å². The molecular weight excluding hydrogens is 207 g/mol. The zero-order chi connectivity index (χ0) is 5.70. The van der Waals surface area contributed by atoms with Gasteiger partial charge in [-0.1, -0.05) is 22.6 Å². The van der Waals surface area contributed by atoms with E-state index in [0.29, 0.717) is 12.8 Å². The number of alkyl halides is 1. The lowest BCUT2D eigenvalue weighted by Gasteiger charge is -1.96. The van der Waals surface area contributed by atoms with Crippen LogP contribution in [0.15, 0.2) is 0 Å². The molecule has 0 rings (SSSR count). The molecule has 0 saturated carbocycles. The Bertz CT molecular complexity index is 38.7. The van der Waals surface area contributed by atoms with Crippen LogP contribution in [0.3, 0.4) is 0 Å². The Labute approximate surface area is 56.7 Å². The first-order valence-corrected chi connectivity index (χ1v) is 3.45. The van der Waals surface area contributed by atoms with Crippen LogP contribution in [0.25, 0.3) is 0 Å². The SMILES string of the molecule is OCCCC(O)I. The second-order valence-electron chi connectivity index (χ2n) is 1.30. The molecule has 0 aromatic carbocycles. The van der Waals surface area contributed by atoms with Crippen molar-refractivity contribution in [3.05, 3.63) is 0 Å². The lowest BCUT2D eigenvalue weighted by atomic mass is 10.3. The topological polar surface area (TPSA) is 40.5 Å². The molecule has 0 aliphatic heterocycles. The maximum absolute atomic E-state index is 8.56. The summed E-state index contributed by atoms with van der Waals surface area (Å²) in [5, 5.41) is 16.8. The van der Waals surface area contributed by atoms with E-state index in [-0.39, 0.29) is 10.7 Å². The predicted octanol–water partition coefficient (Wildman–Crippen LogP) is 0.512. The Kier molecular flexibility index (Phi) is 5.25. The van der Waals surface area contributed by atoms with Gasteiger partial charge in [0.25, 0.3) is 0 Å². The van der Waals surface area contributed by atoms with Crippen molar-refractivity contribution in [1.29, 1.82) is 0 Å². The van der Waals surface area contributed by atoms with E-state index in [9.17, 15) is 0 Å². The molecule has 1 atom stereocenters. The quantitative estimate of drug-likeness (QED) is 0.533. The lowest BCUT2D eigenvalue weighted by molar-refractivity contribution is 0.231. The third-order valence-electron chi connectivity index (χ3n) is 0.600. The third-order valence-corrected chi connectivity index (χ3v) is 1.22. The minimum Gasteiger partial charge on any atom is -0.396 e. The van der Waals surface area contributed by atoms with Crippen LogP contribution in [0.4, 0.5) is 0 Å². The van der Waals surface area contributed by atoms with Gasteiger partial charge in [-0.25, -0.2) is 0 Å². The molecule has 0 aromatic rings. The molecule has 0 spiro atoms. The van der Waals surface area contributed by atoms with E-state index in [1.54, 1.807) is 0 Å². The number of hydrogen-bond acceptors (Lipinski definition) is 2. The maximum Gasteiger partial charge on any atom is 0.105 e. The van der Waals surface area contributed by atoms with E-state index in [1.165, 1.54) is 0 Å². The Hall–Kier alpha value is 0.650. The molecule has 3 heteroatoms. The molecule has 2 N–H and O–H groups in total. The fourth-order valence-corrected chi connectivity index (χ4v) is 0.700. The van der Waals surface area contributed by atoms with Gasteiger partial charge in [0.1, 0.15) is 4.11 Å². The highest BCUT2D eigenvalue weighted by molar-refractivity contribution is 14.1. The van der Waals surface area contributed by atoms with E-state index >= 15 is 0 Å². The number of rotatable bonds is 3. The fraction of sp³-hybridized carbons (Fsp3) is 1.00. The first kappa shape index (κ1) is 7.65. The van der Waals surface area contributed by atoms with E-state index in [1.807, 2.05) is 22.6 Å². The Morgan fingerprint density at radius 3 is 2.29 bits per heavy atom. The number of aliphatic hydroxyl groups excluding tert-OH is 2. The summed E-state index contributed by atoms with van der Waals surface area (Å²) in [6.45, 7) is 0.181. The minimum absolute atomic E-state index is 0.181. The first-order chi connectivity index (χ1) is 3.27. The van der Waals surface area contributed by atoms with Gasteiger partial charge in [0.05, 0.1) is 0 Å². The molecule has 2 nitrogen and oxygen atoms in total. The molecule has 7 heavy (non-hydrogen) atoms. The van der Waals surface area contributed by atoms with Crippen molar-refractivity contribution in [2.45, 2.75) is 17.0 Å². The van der Waals surface area contributed by atoms with Crippen LogP contribution >= 0.6 is 22.6 Å². The standard InChI is InChI=1S/C4H9IO2/c5-4(7)2-1-3-6/h4,6-7H,1-3H2. The van der Waals surface area contributed by atoms with Crippen molar-refractivity contribution in [2.75, 3.05) is 6.61 Å². The van der Waals surface area contributed by atoms with Gasteiger partial charge in [-0.2, -0.15) is 0 Å². The Morgan fingerprint density at radius 2 is 2.14 bits per heavy atom. The van der Waals surface area contributed by atoms with E-state index in [4.69, 9.17) is 10.2 Å². The van der Waals surface area contributed by atoms with Gasteiger partial charge in [0.2, 0.25) is 0 Å². The van der Waals surface area contributed by atoms with Crippen LogP contribution in [0, 0.1) is 0 Å². The minimum atomic E-state index is -0.287. The summed E-state index contributed by atoms with van der Waals surface area (Å²) in [5.41, 5.74) is 0. The third kappa shape index (κ3) is 6.65.